The fraction of sp³-hybridized carbons (Fsp3) is 0.636. The second kappa shape index (κ2) is 5.12. The van der Waals surface area contributed by atoms with Gasteiger partial charge in [-0.05, 0) is 12.8 Å². The minimum Gasteiger partial charge on any atom is -0.391 e. The first-order valence-electron chi connectivity index (χ1n) is 5.38. The van der Waals surface area contributed by atoms with Gasteiger partial charge in [-0.3, -0.25) is 9.48 Å². The van der Waals surface area contributed by atoms with Crippen LogP contribution in [0.4, 0.5) is 0 Å². The van der Waals surface area contributed by atoms with Crippen LogP contribution in [-0.2, 0) is 7.05 Å². The van der Waals surface area contributed by atoms with Gasteiger partial charge in [0.15, 0.2) is 0 Å². The maximum Gasteiger partial charge on any atom is 0.254 e. The molecule has 0 radical (unpaired) electrons. The first-order chi connectivity index (χ1) is 7.41. The van der Waals surface area contributed by atoms with Crippen molar-refractivity contribution in [2.75, 3.05) is 6.54 Å². The van der Waals surface area contributed by atoms with E-state index in [9.17, 15) is 9.90 Å². The van der Waals surface area contributed by atoms with Gasteiger partial charge in [-0.25, -0.2) is 0 Å². The molecular formula is C11H19N3O2. The van der Waals surface area contributed by atoms with E-state index >= 15 is 0 Å². The number of carbonyl (C=O) groups is 1. The van der Waals surface area contributed by atoms with Gasteiger partial charge in [-0.2, -0.15) is 5.10 Å². The fourth-order valence-electron chi connectivity index (χ4n) is 1.35. The molecule has 5 nitrogen and oxygen atoms in total. The summed E-state index contributed by atoms with van der Waals surface area (Å²) in [5.74, 6) is -0.0550. The molecule has 16 heavy (non-hydrogen) atoms. The summed E-state index contributed by atoms with van der Waals surface area (Å²) in [5, 5.41) is 16.3. The maximum atomic E-state index is 11.7. The Morgan fingerprint density at radius 2 is 2.25 bits per heavy atom. The van der Waals surface area contributed by atoms with Gasteiger partial charge in [-0.15, -0.1) is 0 Å². The predicted molar refractivity (Wildman–Crippen MR) is 61.1 cm³/mol. The van der Waals surface area contributed by atoms with Crippen molar-refractivity contribution < 1.29 is 9.90 Å². The minimum absolute atomic E-state index is 0.135. The van der Waals surface area contributed by atoms with Crippen molar-refractivity contribution in [2.24, 2.45) is 13.0 Å². The molecule has 0 saturated carbocycles. The van der Waals surface area contributed by atoms with Crippen LogP contribution in [0.25, 0.3) is 0 Å². The molecule has 2 N–H and O–H groups in total. The highest BCUT2D eigenvalue weighted by molar-refractivity contribution is 5.94. The first kappa shape index (κ1) is 12.7. The van der Waals surface area contributed by atoms with Crippen LogP contribution in [0.5, 0.6) is 0 Å². The van der Waals surface area contributed by atoms with Crippen molar-refractivity contribution in [1.82, 2.24) is 15.1 Å². The third kappa shape index (κ3) is 3.06. The maximum absolute atomic E-state index is 11.7. The van der Waals surface area contributed by atoms with E-state index in [1.54, 1.807) is 24.9 Å². The Balaban J connectivity index is 2.56. The van der Waals surface area contributed by atoms with Crippen LogP contribution < -0.4 is 5.32 Å². The van der Waals surface area contributed by atoms with Crippen molar-refractivity contribution in [3.05, 3.63) is 17.5 Å². The summed E-state index contributed by atoms with van der Waals surface area (Å²) in [6.45, 7) is 5.87. The number of carbonyl (C=O) groups excluding carboxylic acids is 1. The van der Waals surface area contributed by atoms with Gasteiger partial charge in [0.1, 0.15) is 0 Å². The summed E-state index contributed by atoms with van der Waals surface area (Å²) in [4.78, 5) is 11.7. The van der Waals surface area contributed by atoms with Crippen LogP contribution in [0, 0.1) is 12.8 Å². The molecule has 1 unspecified atom stereocenters. The van der Waals surface area contributed by atoms with E-state index in [-0.39, 0.29) is 18.4 Å². The SMILES string of the molecule is Cc1nn(C)cc1C(=O)NCC(O)C(C)C. The van der Waals surface area contributed by atoms with Gasteiger partial charge in [0.05, 0.1) is 17.4 Å². The number of aliphatic hydroxyl groups excluding tert-OH is 1. The standard InChI is InChI=1S/C11H19N3O2/c1-7(2)10(15)5-12-11(16)9-6-14(4)13-8(9)3/h6-7,10,15H,5H2,1-4H3,(H,12,16). The van der Waals surface area contributed by atoms with Crippen molar-refractivity contribution in [2.45, 2.75) is 26.9 Å². The Labute approximate surface area is 95.5 Å². The summed E-state index contributed by atoms with van der Waals surface area (Å²) in [6.07, 6.45) is 1.16. The molecule has 0 bridgehead atoms. The van der Waals surface area contributed by atoms with Crippen LogP contribution in [0.15, 0.2) is 6.20 Å². The van der Waals surface area contributed by atoms with Crippen LogP contribution in [0.3, 0.4) is 0 Å². The normalized spacial score (nSPS) is 12.9. The second-order valence-corrected chi connectivity index (χ2v) is 4.32. The molecule has 0 aromatic carbocycles. The number of aromatic nitrogens is 2. The highest BCUT2D eigenvalue weighted by Crippen LogP contribution is 2.05. The zero-order chi connectivity index (χ0) is 12.3. The average molecular weight is 225 g/mol. The molecule has 1 aromatic heterocycles. The number of aryl methyl sites for hydroxylation is 2. The van der Waals surface area contributed by atoms with E-state index in [4.69, 9.17) is 0 Å². The molecule has 0 aliphatic rings. The fourth-order valence-corrected chi connectivity index (χ4v) is 1.35. The van der Waals surface area contributed by atoms with E-state index in [2.05, 4.69) is 10.4 Å². The lowest BCUT2D eigenvalue weighted by molar-refractivity contribution is 0.0871. The molecule has 0 aliphatic carbocycles. The number of amides is 1. The first-order valence-corrected chi connectivity index (χ1v) is 5.38. The lowest BCUT2D eigenvalue weighted by Crippen LogP contribution is -2.34. The zero-order valence-corrected chi connectivity index (χ0v) is 10.2. The summed E-state index contributed by atoms with van der Waals surface area (Å²) in [6, 6.07) is 0. The number of nitrogens with zero attached hydrogens (tertiary/aromatic N) is 2. The lowest BCUT2D eigenvalue weighted by Gasteiger charge is -2.14. The highest BCUT2D eigenvalue weighted by atomic mass is 16.3. The average Bonchev–Trinajstić information content (AvgIpc) is 2.53. The van der Waals surface area contributed by atoms with E-state index in [0.29, 0.717) is 11.3 Å². The van der Waals surface area contributed by atoms with Gasteiger partial charge in [0.25, 0.3) is 5.91 Å². The largest absolute Gasteiger partial charge is 0.391 e. The zero-order valence-electron chi connectivity index (χ0n) is 10.2. The number of hydrogen-bond acceptors (Lipinski definition) is 3. The van der Waals surface area contributed by atoms with Crippen molar-refractivity contribution in [1.29, 1.82) is 0 Å². The predicted octanol–water partition coefficient (Wildman–Crippen LogP) is 0.475. The van der Waals surface area contributed by atoms with Gasteiger partial charge in [0.2, 0.25) is 0 Å². The van der Waals surface area contributed by atoms with Gasteiger partial charge in [0, 0.05) is 19.8 Å². The van der Waals surface area contributed by atoms with Crippen molar-refractivity contribution in [3.8, 4) is 0 Å². The monoisotopic (exact) mass is 225 g/mol. The molecule has 0 spiro atoms. The molecule has 0 saturated heterocycles. The molecule has 0 fully saturated rings. The van der Waals surface area contributed by atoms with E-state index in [0.717, 1.165) is 0 Å². The van der Waals surface area contributed by atoms with E-state index < -0.39 is 6.10 Å². The third-order valence-corrected chi connectivity index (χ3v) is 2.50. The molecule has 1 amide bonds. The van der Waals surface area contributed by atoms with Crippen molar-refractivity contribution >= 4 is 5.91 Å². The minimum atomic E-state index is -0.513. The third-order valence-electron chi connectivity index (χ3n) is 2.50. The van der Waals surface area contributed by atoms with Crippen molar-refractivity contribution in [3.63, 3.8) is 0 Å². The molecule has 1 rings (SSSR count). The summed E-state index contributed by atoms with van der Waals surface area (Å²) in [5.41, 5.74) is 1.25. The lowest BCUT2D eigenvalue weighted by atomic mass is 10.1. The highest BCUT2D eigenvalue weighted by Gasteiger charge is 2.15. The molecule has 1 atom stereocenters. The smallest absolute Gasteiger partial charge is 0.254 e. The Hall–Kier alpha value is -1.36. The molecular weight excluding hydrogens is 206 g/mol. The molecule has 0 aliphatic heterocycles. The Morgan fingerprint density at radius 3 is 2.69 bits per heavy atom. The second-order valence-electron chi connectivity index (χ2n) is 4.32. The van der Waals surface area contributed by atoms with Crippen LogP contribution >= 0.6 is 0 Å². The summed E-state index contributed by atoms with van der Waals surface area (Å²) in [7, 11) is 1.77. The van der Waals surface area contributed by atoms with E-state index in [1.807, 2.05) is 13.8 Å². The quantitative estimate of drug-likeness (QED) is 0.783. The van der Waals surface area contributed by atoms with Gasteiger partial charge < -0.3 is 10.4 Å². The molecule has 90 valence electrons. The van der Waals surface area contributed by atoms with Gasteiger partial charge in [-0.1, -0.05) is 13.8 Å². The number of rotatable bonds is 4. The van der Waals surface area contributed by atoms with Crippen LogP contribution in [-0.4, -0.2) is 33.4 Å². The topological polar surface area (TPSA) is 67.2 Å². The Kier molecular flexibility index (Phi) is 4.06. The van der Waals surface area contributed by atoms with Crippen LogP contribution in [0.2, 0.25) is 0 Å². The molecule has 1 heterocycles. The number of nitrogens with one attached hydrogen (secondary N) is 1. The summed E-state index contributed by atoms with van der Waals surface area (Å²) < 4.78 is 1.60. The molecule has 5 heteroatoms. The van der Waals surface area contributed by atoms with Gasteiger partial charge >= 0.3 is 0 Å². The Morgan fingerprint density at radius 1 is 1.62 bits per heavy atom. The van der Waals surface area contributed by atoms with E-state index in [1.165, 1.54) is 0 Å². The number of hydrogen-bond donors (Lipinski definition) is 2. The molecule has 1 aromatic rings. The van der Waals surface area contributed by atoms with Crippen LogP contribution in [0.1, 0.15) is 29.9 Å². The Bertz CT molecular complexity index is 371. The summed E-state index contributed by atoms with van der Waals surface area (Å²) >= 11 is 0. The number of aliphatic hydroxyl groups is 1.